The summed E-state index contributed by atoms with van der Waals surface area (Å²) in [7, 11) is 2.23. The molecule has 1 aromatic rings. The van der Waals surface area contributed by atoms with Gasteiger partial charge in [-0.1, -0.05) is 0 Å². The monoisotopic (exact) mass is 247 g/mol. The minimum absolute atomic E-state index is 0.891. The predicted molar refractivity (Wildman–Crippen MR) is 75.6 cm³/mol. The summed E-state index contributed by atoms with van der Waals surface area (Å²) in [4.78, 5) is 6.50. The van der Waals surface area contributed by atoms with Crippen LogP contribution in [0.4, 0.5) is 0 Å². The van der Waals surface area contributed by atoms with E-state index < -0.39 is 0 Å². The first-order valence-corrected chi connectivity index (χ1v) is 7.13. The third kappa shape index (κ3) is 4.75. The van der Waals surface area contributed by atoms with Crippen LogP contribution >= 0.6 is 0 Å². The molecule has 1 saturated heterocycles. The van der Waals surface area contributed by atoms with Crippen LogP contribution in [0.2, 0.25) is 0 Å². The maximum atomic E-state index is 4.05. The number of likely N-dealkylation sites (N-methyl/N-ethyl adjacent to an activating group) is 1. The molecule has 18 heavy (non-hydrogen) atoms. The normalized spacial score (nSPS) is 20.2. The van der Waals surface area contributed by atoms with E-state index >= 15 is 0 Å². The molecule has 2 heterocycles. The number of rotatable bonds is 6. The molecule has 0 spiro atoms. The fourth-order valence-corrected chi connectivity index (χ4v) is 2.55. The van der Waals surface area contributed by atoms with E-state index in [-0.39, 0.29) is 0 Å². The van der Waals surface area contributed by atoms with Crippen molar-refractivity contribution in [2.75, 3.05) is 33.2 Å². The summed E-state index contributed by atoms with van der Waals surface area (Å²) in [5.74, 6) is 0.891. The van der Waals surface area contributed by atoms with E-state index in [2.05, 4.69) is 34.4 Å². The summed E-state index contributed by atoms with van der Waals surface area (Å²) in [6, 6.07) is 4.22. The molecule has 1 atom stereocenters. The SMILES string of the molecule is CN(CCc1ccncc1)CCC1CCCNC1. The fourth-order valence-electron chi connectivity index (χ4n) is 2.55. The molecule has 2 rings (SSSR count). The van der Waals surface area contributed by atoms with Crippen molar-refractivity contribution in [2.45, 2.75) is 25.7 Å². The zero-order valence-electron chi connectivity index (χ0n) is 11.4. The molecule has 1 aromatic heterocycles. The van der Waals surface area contributed by atoms with Gasteiger partial charge in [-0.15, -0.1) is 0 Å². The number of hydrogen-bond acceptors (Lipinski definition) is 3. The van der Waals surface area contributed by atoms with Gasteiger partial charge < -0.3 is 10.2 Å². The third-order valence-electron chi connectivity index (χ3n) is 3.85. The summed E-state index contributed by atoms with van der Waals surface area (Å²) in [5.41, 5.74) is 1.39. The number of piperidine rings is 1. The van der Waals surface area contributed by atoms with Gasteiger partial charge in [0.1, 0.15) is 0 Å². The van der Waals surface area contributed by atoms with E-state index in [9.17, 15) is 0 Å². The van der Waals surface area contributed by atoms with Crippen LogP contribution in [0.25, 0.3) is 0 Å². The molecule has 0 radical (unpaired) electrons. The second-order valence-electron chi connectivity index (χ2n) is 5.41. The van der Waals surface area contributed by atoms with Gasteiger partial charge in [0.05, 0.1) is 0 Å². The number of hydrogen-bond donors (Lipinski definition) is 1. The van der Waals surface area contributed by atoms with Crippen LogP contribution in [0.5, 0.6) is 0 Å². The van der Waals surface area contributed by atoms with Crippen molar-refractivity contribution in [1.29, 1.82) is 0 Å². The third-order valence-corrected chi connectivity index (χ3v) is 3.85. The van der Waals surface area contributed by atoms with Gasteiger partial charge in [-0.3, -0.25) is 4.98 Å². The Hall–Kier alpha value is -0.930. The zero-order valence-corrected chi connectivity index (χ0v) is 11.4. The molecule has 1 aliphatic rings. The lowest BCUT2D eigenvalue weighted by atomic mass is 9.96. The van der Waals surface area contributed by atoms with Crippen molar-refractivity contribution in [3.05, 3.63) is 30.1 Å². The number of nitrogens with zero attached hydrogens (tertiary/aromatic N) is 2. The van der Waals surface area contributed by atoms with Gasteiger partial charge in [0.15, 0.2) is 0 Å². The lowest BCUT2D eigenvalue weighted by Crippen LogP contribution is -2.32. The summed E-state index contributed by atoms with van der Waals surface area (Å²) in [5, 5.41) is 3.49. The summed E-state index contributed by atoms with van der Waals surface area (Å²) in [6.45, 7) is 4.80. The Balaban J connectivity index is 1.61. The van der Waals surface area contributed by atoms with Crippen molar-refractivity contribution in [3.63, 3.8) is 0 Å². The highest BCUT2D eigenvalue weighted by atomic mass is 15.1. The fraction of sp³-hybridized carbons (Fsp3) is 0.667. The molecule has 1 unspecified atom stereocenters. The summed E-state index contributed by atoms with van der Waals surface area (Å²) in [6.07, 6.45) is 8.98. The molecule has 1 N–H and O–H groups in total. The smallest absolute Gasteiger partial charge is 0.0270 e. The lowest BCUT2D eigenvalue weighted by Gasteiger charge is -2.25. The largest absolute Gasteiger partial charge is 0.316 e. The van der Waals surface area contributed by atoms with E-state index in [0.29, 0.717) is 0 Å². The minimum Gasteiger partial charge on any atom is -0.316 e. The van der Waals surface area contributed by atoms with Crippen LogP contribution in [-0.4, -0.2) is 43.1 Å². The standard InChI is InChI=1S/C15H25N3/c1-18(11-6-14-4-9-16-10-5-14)12-7-15-3-2-8-17-13-15/h4-5,9-10,15,17H,2-3,6-8,11-13H2,1H3. The summed E-state index contributed by atoms with van der Waals surface area (Å²) >= 11 is 0. The lowest BCUT2D eigenvalue weighted by molar-refractivity contribution is 0.275. The highest BCUT2D eigenvalue weighted by Gasteiger charge is 2.13. The van der Waals surface area contributed by atoms with Gasteiger partial charge in [0, 0.05) is 18.9 Å². The van der Waals surface area contributed by atoms with Crippen LogP contribution in [0, 0.1) is 5.92 Å². The average molecular weight is 247 g/mol. The van der Waals surface area contributed by atoms with Crippen molar-refractivity contribution in [1.82, 2.24) is 15.2 Å². The molecule has 3 heteroatoms. The van der Waals surface area contributed by atoms with Gasteiger partial charge in [-0.25, -0.2) is 0 Å². The van der Waals surface area contributed by atoms with Crippen molar-refractivity contribution in [3.8, 4) is 0 Å². The van der Waals surface area contributed by atoms with Crippen molar-refractivity contribution < 1.29 is 0 Å². The molecule has 0 aromatic carbocycles. The molecule has 3 nitrogen and oxygen atoms in total. The first-order chi connectivity index (χ1) is 8.84. The Kier molecular flexibility index (Phi) is 5.62. The maximum absolute atomic E-state index is 4.05. The number of pyridine rings is 1. The van der Waals surface area contributed by atoms with Gasteiger partial charge in [-0.05, 0) is 76.0 Å². The van der Waals surface area contributed by atoms with Crippen molar-refractivity contribution >= 4 is 0 Å². The molecule has 0 aliphatic carbocycles. The quantitative estimate of drug-likeness (QED) is 0.833. The maximum Gasteiger partial charge on any atom is 0.0270 e. The van der Waals surface area contributed by atoms with Crippen LogP contribution in [0.1, 0.15) is 24.8 Å². The molecule has 100 valence electrons. The molecule has 0 amide bonds. The van der Waals surface area contributed by atoms with Crippen LogP contribution in [0.3, 0.4) is 0 Å². The van der Waals surface area contributed by atoms with Gasteiger partial charge in [-0.2, -0.15) is 0 Å². The highest BCUT2D eigenvalue weighted by molar-refractivity contribution is 5.09. The van der Waals surface area contributed by atoms with E-state index in [1.165, 1.54) is 44.5 Å². The predicted octanol–water partition coefficient (Wildman–Crippen LogP) is 1.95. The summed E-state index contributed by atoms with van der Waals surface area (Å²) < 4.78 is 0. The number of aromatic nitrogens is 1. The van der Waals surface area contributed by atoms with Crippen LogP contribution < -0.4 is 5.32 Å². The Labute approximate surface area is 111 Å². The molecular formula is C15H25N3. The van der Waals surface area contributed by atoms with Crippen LogP contribution in [0.15, 0.2) is 24.5 Å². The van der Waals surface area contributed by atoms with E-state index in [1.54, 1.807) is 0 Å². The average Bonchev–Trinajstić information content (AvgIpc) is 2.45. The zero-order chi connectivity index (χ0) is 12.6. The van der Waals surface area contributed by atoms with Crippen molar-refractivity contribution in [2.24, 2.45) is 5.92 Å². The number of nitrogens with one attached hydrogen (secondary N) is 1. The molecule has 0 saturated carbocycles. The molecule has 1 fully saturated rings. The molecular weight excluding hydrogens is 222 g/mol. The molecule has 1 aliphatic heterocycles. The Morgan fingerprint density at radius 2 is 2.17 bits per heavy atom. The first kappa shape index (κ1) is 13.5. The van der Waals surface area contributed by atoms with Gasteiger partial charge in [0.25, 0.3) is 0 Å². The second kappa shape index (κ2) is 7.49. The van der Waals surface area contributed by atoms with E-state index in [1.807, 2.05) is 12.4 Å². The Morgan fingerprint density at radius 3 is 2.89 bits per heavy atom. The second-order valence-corrected chi connectivity index (χ2v) is 5.41. The molecule has 0 bridgehead atoms. The topological polar surface area (TPSA) is 28.2 Å². The van der Waals surface area contributed by atoms with Crippen LogP contribution in [-0.2, 0) is 6.42 Å². The Morgan fingerprint density at radius 1 is 1.33 bits per heavy atom. The highest BCUT2D eigenvalue weighted by Crippen LogP contribution is 2.14. The minimum atomic E-state index is 0.891. The van der Waals surface area contributed by atoms with Gasteiger partial charge >= 0.3 is 0 Å². The van der Waals surface area contributed by atoms with E-state index in [4.69, 9.17) is 0 Å². The van der Waals surface area contributed by atoms with Gasteiger partial charge in [0.2, 0.25) is 0 Å². The van der Waals surface area contributed by atoms with E-state index in [0.717, 1.165) is 18.9 Å². The first-order valence-electron chi connectivity index (χ1n) is 7.13. The Bertz CT molecular complexity index is 320.